The summed E-state index contributed by atoms with van der Waals surface area (Å²) < 4.78 is 0. The fraction of sp³-hybridized carbons (Fsp3) is 0.625. The Kier molecular flexibility index (Phi) is 13.0. The number of hydrogen-bond donors (Lipinski definition) is 4. The Morgan fingerprint density at radius 1 is 0.875 bits per heavy atom. The van der Waals surface area contributed by atoms with E-state index in [2.05, 4.69) is 0 Å². The zero-order chi connectivity index (χ0) is 19.3. The van der Waals surface area contributed by atoms with Crippen LogP contribution in [0.25, 0.3) is 0 Å². The molecule has 2 atom stereocenters. The molecule has 2 unspecified atom stereocenters. The van der Waals surface area contributed by atoms with E-state index in [1.54, 1.807) is 6.08 Å². The summed E-state index contributed by atoms with van der Waals surface area (Å²) in [6.07, 6.45) is 3.56. The second-order valence-electron chi connectivity index (χ2n) is 5.64. The van der Waals surface area contributed by atoms with Crippen LogP contribution in [0.1, 0.15) is 46.5 Å². The number of aliphatic carboxylic acids is 4. The van der Waals surface area contributed by atoms with Gasteiger partial charge < -0.3 is 20.4 Å². The second kappa shape index (κ2) is 13.1. The lowest BCUT2D eigenvalue weighted by Crippen LogP contribution is -2.19. The van der Waals surface area contributed by atoms with Crippen molar-refractivity contribution in [2.45, 2.75) is 46.5 Å². The van der Waals surface area contributed by atoms with Gasteiger partial charge in [-0.3, -0.25) is 19.2 Å². The largest absolute Gasteiger partial charge is 0.481 e. The van der Waals surface area contributed by atoms with Crippen molar-refractivity contribution in [1.29, 1.82) is 0 Å². The normalized spacial score (nSPS) is 13.0. The van der Waals surface area contributed by atoms with Gasteiger partial charge in [0.25, 0.3) is 0 Å². The molecular weight excluding hydrogens is 320 g/mol. The molecule has 0 aromatic carbocycles. The van der Waals surface area contributed by atoms with Gasteiger partial charge in [0.15, 0.2) is 0 Å². The lowest BCUT2D eigenvalue weighted by atomic mass is 9.94. The van der Waals surface area contributed by atoms with Crippen LogP contribution in [0.5, 0.6) is 0 Å². The molecule has 0 bridgehead atoms. The maximum atomic E-state index is 10.5. The molecule has 0 fully saturated rings. The molecule has 0 rings (SSSR count). The molecule has 0 aliphatic heterocycles. The first kappa shape index (κ1) is 23.9. The number of carboxylic acids is 4. The molecule has 0 amide bonds. The summed E-state index contributed by atoms with van der Waals surface area (Å²) in [5, 5.41) is 33.9. The van der Waals surface area contributed by atoms with E-state index in [0.29, 0.717) is 12.8 Å². The Labute approximate surface area is 140 Å². The van der Waals surface area contributed by atoms with Gasteiger partial charge in [-0.1, -0.05) is 32.9 Å². The molecule has 0 aromatic rings. The van der Waals surface area contributed by atoms with Gasteiger partial charge >= 0.3 is 23.9 Å². The van der Waals surface area contributed by atoms with Crippen LogP contribution in [0, 0.1) is 17.8 Å². The number of rotatable bonds is 10. The third-order valence-corrected chi connectivity index (χ3v) is 2.84. The minimum absolute atomic E-state index is 0.213. The van der Waals surface area contributed by atoms with E-state index in [4.69, 9.17) is 20.4 Å². The van der Waals surface area contributed by atoms with E-state index in [1.165, 1.54) is 6.08 Å². The molecule has 0 saturated carbocycles. The number of carboxylic acid groups (broad SMARTS) is 4. The first-order valence-corrected chi connectivity index (χ1v) is 7.57. The predicted octanol–water partition coefficient (Wildman–Crippen LogP) is 2.34. The third-order valence-electron chi connectivity index (χ3n) is 2.84. The Morgan fingerprint density at radius 3 is 1.67 bits per heavy atom. The Balaban J connectivity index is 0. The molecule has 0 aromatic heterocycles. The van der Waals surface area contributed by atoms with Crippen LogP contribution < -0.4 is 0 Å². The number of hydrogen-bond acceptors (Lipinski definition) is 4. The van der Waals surface area contributed by atoms with Crippen molar-refractivity contribution in [3.63, 3.8) is 0 Å². The van der Waals surface area contributed by atoms with Crippen molar-refractivity contribution in [2.75, 3.05) is 0 Å². The first-order valence-electron chi connectivity index (χ1n) is 7.57. The highest BCUT2D eigenvalue weighted by Crippen LogP contribution is 2.15. The molecule has 8 nitrogen and oxygen atoms in total. The van der Waals surface area contributed by atoms with Crippen molar-refractivity contribution in [1.82, 2.24) is 0 Å². The van der Waals surface area contributed by atoms with Crippen LogP contribution in [-0.2, 0) is 19.2 Å². The van der Waals surface area contributed by atoms with Gasteiger partial charge in [-0.15, -0.1) is 0 Å². The van der Waals surface area contributed by atoms with Crippen molar-refractivity contribution in [2.24, 2.45) is 17.8 Å². The highest BCUT2D eigenvalue weighted by molar-refractivity contribution is 5.79. The third kappa shape index (κ3) is 14.6. The minimum atomic E-state index is -1.10. The van der Waals surface area contributed by atoms with Crippen LogP contribution >= 0.6 is 0 Å². The summed E-state index contributed by atoms with van der Waals surface area (Å²) in [6, 6.07) is 0. The maximum Gasteiger partial charge on any atom is 0.310 e. The molecule has 0 spiro atoms. The fourth-order valence-electron chi connectivity index (χ4n) is 1.78. The topological polar surface area (TPSA) is 149 Å². The molecule has 4 N–H and O–H groups in total. The summed E-state index contributed by atoms with van der Waals surface area (Å²) >= 11 is 0. The van der Waals surface area contributed by atoms with Crippen molar-refractivity contribution in [3.8, 4) is 0 Å². The Bertz CT molecular complexity index is 453. The summed E-state index contributed by atoms with van der Waals surface area (Å²) in [5.74, 6) is -5.70. The van der Waals surface area contributed by atoms with Crippen LogP contribution in [-0.4, -0.2) is 44.3 Å². The molecule has 0 saturated heterocycles. The molecule has 0 heterocycles. The van der Waals surface area contributed by atoms with Gasteiger partial charge in [0, 0.05) is 0 Å². The van der Waals surface area contributed by atoms with Crippen LogP contribution in [0.3, 0.4) is 0 Å². The van der Waals surface area contributed by atoms with Crippen molar-refractivity contribution >= 4 is 23.9 Å². The quantitative estimate of drug-likeness (QED) is 0.440. The van der Waals surface area contributed by atoms with Crippen LogP contribution in [0.15, 0.2) is 12.2 Å². The zero-order valence-corrected chi connectivity index (χ0v) is 14.1. The summed E-state index contributed by atoms with van der Waals surface area (Å²) in [6.45, 7) is 5.60. The van der Waals surface area contributed by atoms with E-state index in [0.717, 1.165) is 0 Å². The standard InChI is InChI=1S/C8H14O4.C8H12O4/c1-5(2)3-6(8(11)12)4-7(9)10;1-2-3-4-6(8(11)12)5-7(9)10/h5-6H,3-4H2,1-2H3,(H,9,10)(H,11,12);3-4,6H,2,5H2,1H3,(H,9,10)(H,11,12). The zero-order valence-electron chi connectivity index (χ0n) is 14.1. The molecule has 24 heavy (non-hydrogen) atoms. The highest BCUT2D eigenvalue weighted by Gasteiger charge is 2.21. The van der Waals surface area contributed by atoms with Gasteiger partial charge in [-0.05, 0) is 18.8 Å². The molecule has 0 aliphatic carbocycles. The summed E-state index contributed by atoms with van der Waals surface area (Å²) in [7, 11) is 0. The molecule has 0 aliphatic rings. The Hall–Kier alpha value is -2.38. The number of allylic oxidation sites excluding steroid dienone is 1. The predicted molar refractivity (Wildman–Crippen MR) is 85.6 cm³/mol. The average molecular weight is 346 g/mol. The highest BCUT2D eigenvalue weighted by atomic mass is 16.4. The monoisotopic (exact) mass is 346 g/mol. The van der Waals surface area contributed by atoms with Gasteiger partial charge in [0.1, 0.15) is 0 Å². The van der Waals surface area contributed by atoms with E-state index < -0.39 is 35.7 Å². The average Bonchev–Trinajstić information content (AvgIpc) is 2.41. The van der Waals surface area contributed by atoms with Crippen molar-refractivity contribution in [3.05, 3.63) is 12.2 Å². The fourth-order valence-corrected chi connectivity index (χ4v) is 1.78. The van der Waals surface area contributed by atoms with Gasteiger partial charge in [0.2, 0.25) is 0 Å². The van der Waals surface area contributed by atoms with Gasteiger partial charge in [0.05, 0.1) is 24.7 Å². The van der Waals surface area contributed by atoms with Crippen LogP contribution in [0.4, 0.5) is 0 Å². The lowest BCUT2D eigenvalue weighted by molar-refractivity contribution is -0.148. The summed E-state index contributed by atoms with van der Waals surface area (Å²) in [4.78, 5) is 41.3. The molecular formula is C16H26O8. The van der Waals surface area contributed by atoms with Crippen molar-refractivity contribution < 1.29 is 39.6 Å². The van der Waals surface area contributed by atoms with E-state index >= 15 is 0 Å². The maximum absolute atomic E-state index is 10.5. The van der Waals surface area contributed by atoms with Gasteiger partial charge in [-0.25, -0.2) is 0 Å². The smallest absolute Gasteiger partial charge is 0.310 e. The first-order chi connectivity index (χ1) is 11.0. The van der Waals surface area contributed by atoms with E-state index in [-0.39, 0.29) is 18.8 Å². The van der Waals surface area contributed by atoms with E-state index in [9.17, 15) is 19.2 Å². The molecule has 138 valence electrons. The van der Waals surface area contributed by atoms with Crippen LogP contribution in [0.2, 0.25) is 0 Å². The Morgan fingerprint density at radius 2 is 1.38 bits per heavy atom. The number of carbonyl (C=O) groups is 4. The summed E-state index contributed by atoms with van der Waals surface area (Å²) in [5.41, 5.74) is 0. The second-order valence-corrected chi connectivity index (χ2v) is 5.64. The molecule has 0 radical (unpaired) electrons. The van der Waals surface area contributed by atoms with Gasteiger partial charge in [-0.2, -0.15) is 0 Å². The minimum Gasteiger partial charge on any atom is -0.481 e. The van der Waals surface area contributed by atoms with E-state index in [1.807, 2.05) is 20.8 Å². The SMILES string of the molecule is CC(C)CC(CC(=O)O)C(=O)O.CCC=CC(CC(=O)O)C(=O)O. The lowest BCUT2D eigenvalue weighted by Gasteiger charge is -2.11. The molecule has 8 heteroatoms.